The summed E-state index contributed by atoms with van der Waals surface area (Å²) in [7, 11) is 1.68. The van der Waals surface area contributed by atoms with Crippen molar-refractivity contribution in [2.45, 2.75) is 6.42 Å². The molecule has 6 nitrogen and oxygen atoms in total. The molecule has 22 heavy (non-hydrogen) atoms. The van der Waals surface area contributed by atoms with Gasteiger partial charge in [-0.3, -0.25) is 14.9 Å². The maximum Gasteiger partial charge on any atom is 0.273 e. The van der Waals surface area contributed by atoms with Crippen LogP contribution in [-0.2, 0) is 6.42 Å². The Kier molecular flexibility index (Phi) is 4.86. The summed E-state index contributed by atoms with van der Waals surface area (Å²) in [6.07, 6.45) is 5.84. The fraction of sp³-hybridized carbons (Fsp3) is 0.200. The second kappa shape index (κ2) is 6.83. The molecule has 112 valence electrons. The lowest BCUT2D eigenvalue weighted by Crippen LogP contribution is -2.29. The van der Waals surface area contributed by atoms with Crippen LogP contribution >= 0.6 is 11.3 Å². The molecule has 0 unspecified atom stereocenters. The number of carbonyl (C=O) groups excluding carboxylic acids is 1. The number of nitro groups is 1. The lowest BCUT2D eigenvalue weighted by atomic mass is 10.1. The largest absolute Gasteiger partial charge is 0.340 e. The van der Waals surface area contributed by atoms with Crippen molar-refractivity contribution in [3.05, 3.63) is 56.0 Å². The molecule has 0 bridgehead atoms. The average Bonchev–Trinajstić information content (AvgIpc) is 3.01. The summed E-state index contributed by atoms with van der Waals surface area (Å²) in [6, 6.07) is 6.29. The van der Waals surface area contributed by atoms with Gasteiger partial charge in [0.15, 0.2) is 5.01 Å². The first kappa shape index (κ1) is 15.7. The van der Waals surface area contributed by atoms with Crippen LogP contribution in [-0.4, -0.2) is 34.3 Å². The molecule has 0 saturated heterocycles. The monoisotopic (exact) mass is 315 g/mol. The number of rotatable bonds is 5. The summed E-state index contributed by atoms with van der Waals surface area (Å²) in [6.45, 7) is 0.486. The van der Waals surface area contributed by atoms with Gasteiger partial charge in [-0.2, -0.15) is 0 Å². The number of likely N-dealkylation sites (N-methyl/N-ethyl adjacent to an activating group) is 1. The van der Waals surface area contributed by atoms with Crippen molar-refractivity contribution in [3.8, 4) is 12.3 Å². The van der Waals surface area contributed by atoms with Crippen molar-refractivity contribution in [2.75, 3.05) is 13.6 Å². The Morgan fingerprint density at radius 3 is 2.68 bits per heavy atom. The van der Waals surface area contributed by atoms with Gasteiger partial charge < -0.3 is 4.90 Å². The molecule has 0 spiro atoms. The maximum absolute atomic E-state index is 12.2. The number of nitrogens with zero attached hydrogens (tertiary/aromatic N) is 3. The lowest BCUT2D eigenvalue weighted by Gasteiger charge is -2.15. The highest BCUT2D eigenvalue weighted by Crippen LogP contribution is 2.13. The highest BCUT2D eigenvalue weighted by Gasteiger charge is 2.15. The zero-order chi connectivity index (χ0) is 16.1. The Morgan fingerprint density at radius 2 is 2.14 bits per heavy atom. The van der Waals surface area contributed by atoms with Gasteiger partial charge in [-0.15, -0.1) is 17.8 Å². The second-order valence-corrected chi connectivity index (χ2v) is 5.44. The molecule has 0 aliphatic carbocycles. The molecule has 0 atom stereocenters. The molecular formula is C15H13N3O3S. The molecule has 0 aliphatic heterocycles. The van der Waals surface area contributed by atoms with E-state index in [0.29, 0.717) is 23.7 Å². The first-order chi connectivity index (χ1) is 10.5. The van der Waals surface area contributed by atoms with Crippen LogP contribution in [0.15, 0.2) is 29.6 Å². The van der Waals surface area contributed by atoms with Crippen LogP contribution < -0.4 is 0 Å². The summed E-state index contributed by atoms with van der Waals surface area (Å²) in [5.74, 6) is 2.20. The van der Waals surface area contributed by atoms with Gasteiger partial charge >= 0.3 is 0 Å². The smallest absolute Gasteiger partial charge is 0.273 e. The van der Waals surface area contributed by atoms with Crippen LogP contribution in [0.1, 0.15) is 21.1 Å². The van der Waals surface area contributed by atoms with E-state index in [1.165, 1.54) is 23.5 Å². The Hall–Kier alpha value is -2.72. The van der Waals surface area contributed by atoms with E-state index in [2.05, 4.69) is 10.9 Å². The summed E-state index contributed by atoms with van der Waals surface area (Å²) < 4.78 is 0. The maximum atomic E-state index is 12.2. The molecule has 1 aromatic carbocycles. The van der Waals surface area contributed by atoms with Crippen LogP contribution in [0.2, 0.25) is 0 Å². The number of nitro benzene ring substituents is 1. The number of hydrogen-bond donors (Lipinski definition) is 0. The Bertz CT molecular complexity index is 731. The predicted octanol–water partition coefficient (Wildman–Crippen LogP) is 2.35. The third kappa shape index (κ3) is 3.68. The molecular weight excluding hydrogens is 302 g/mol. The first-order valence-electron chi connectivity index (χ1n) is 6.42. The zero-order valence-corrected chi connectivity index (χ0v) is 12.7. The van der Waals surface area contributed by atoms with E-state index >= 15 is 0 Å². The first-order valence-corrected chi connectivity index (χ1v) is 7.30. The van der Waals surface area contributed by atoms with Gasteiger partial charge in [0.1, 0.15) is 5.69 Å². The van der Waals surface area contributed by atoms with Crippen LogP contribution in [0.3, 0.4) is 0 Å². The number of carbonyl (C=O) groups is 1. The van der Waals surface area contributed by atoms with Crippen molar-refractivity contribution < 1.29 is 9.72 Å². The third-order valence-electron chi connectivity index (χ3n) is 3.08. The van der Waals surface area contributed by atoms with Crippen molar-refractivity contribution in [1.82, 2.24) is 9.88 Å². The molecule has 1 heterocycles. The van der Waals surface area contributed by atoms with E-state index in [4.69, 9.17) is 6.42 Å². The van der Waals surface area contributed by atoms with Crippen molar-refractivity contribution in [1.29, 1.82) is 0 Å². The molecule has 1 amide bonds. The number of aromatic nitrogens is 1. The summed E-state index contributed by atoms with van der Waals surface area (Å²) in [4.78, 5) is 27.9. The molecule has 2 aromatic rings. The van der Waals surface area contributed by atoms with Gasteiger partial charge in [-0.05, 0) is 17.9 Å². The standard InChI is InChI=1S/C15H13N3O3S/c1-3-14-16-13(10-22-14)15(19)17(2)9-8-11-4-6-12(7-5-11)18(20)21/h1,4-7,10H,8-9H2,2H3. The van der Waals surface area contributed by atoms with Crippen LogP contribution in [0, 0.1) is 22.5 Å². The summed E-state index contributed by atoms with van der Waals surface area (Å²) in [5, 5.41) is 12.7. The fourth-order valence-corrected chi connectivity index (χ4v) is 2.41. The highest BCUT2D eigenvalue weighted by atomic mass is 32.1. The van der Waals surface area contributed by atoms with E-state index in [1.807, 2.05) is 0 Å². The zero-order valence-electron chi connectivity index (χ0n) is 11.9. The Labute approximate surface area is 131 Å². The van der Waals surface area contributed by atoms with Crippen LogP contribution in [0.5, 0.6) is 0 Å². The summed E-state index contributed by atoms with van der Waals surface area (Å²) >= 11 is 1.26. The van der Waals surface area contributed by atoms with E-state index in [0.717, 1.165) is 5.56 Å². The average molecular weight is 315 g/mol. The number of amides is 1. The molecule has 2 rings (SSSR count). The van der Waals surface area contributed by atoms with Crippen molar-refractivity contribution in [2.24, 2.45) is 0 Å². The molecule has 0 N–H and O–H groups in total. The van der Waals surface area contributed by atoms with Gasteiger partial charge in [0.2, 0.25) is 0 Å². The molecule has 1 aromatic heterocycles. The van der Waals surface area contributed by atoms with Crippen molar-refractivity contribution >= 4 is 22.9 Å². The number of terminal acetylenes is 1. The number of thiazole rings is 1. The second-order valence-electron chi connectivity index (χ2n) is 4.58. The molecule has 7 heteroatoms. The van der Waals surface area contributed by atoms with Gasteiger partial charge in [0, 0.05) is 31.1 Å². The topological polar surface area (TPSA) is 76.3 Å². The van der Waals surface area contributed by atoms with Gasteiger partial charge in [0.05, 0.1) is 4.92 Å². The van der Waals surface area contributed by atoms with Gasteiger partial charge in [-0.1, -0.05) is 12.1 Å². The normalized spacial score (nSPS) is 10.0. The number of benzene rings is 1. The quantitative estimate of drug-likeness (QED) is 0.482. The van der Waals surface area contributed by atoms with Crippen LogP contribution in [0.25, 0.3) is 0 Å². The predicted molar refractivity (Wildman–Crippen MR) is 83.8 cm³/mol. The van der Waals surface area contributed by atoms with Crippen LogP contribution in [0.4, 0.5) is 5.69 Å². The highest BCUT2D eigenvalue weighted by molar-refractivity contribution is 7.10. The van der Waals surface area contributed by atoms with Crippen molar-refractivity contribution in [3.63, 3.8) is 0 Å². The minimum Gasteiger partial charge on any atom is -0.340 e. The van der Waals surface area contributed by atoms with E-state index in [9.17, 15) is 14.9 Å². The fourth-order valence-electron chi connectivity index (χ4n) is 1.82. The number of hydrogen-bond acceptors (Lipinski definition) is 5. The Morgan fingerprint density at radius 1 is 1.45 bits per heavy atom. The Balaban J connectivity index is 1.94. The van der Waals surface area contributed by atoms with E-state index in [-0.39, 0.29) is 11.6 Å². The SMILES string of the molecule is C#Cc1nc(C(=O)N(C)CCc2ccc([N+](=O)[O-])cc2)cs1. The third-order valence-corrected chi connectivity index (χ3v) is 3.85. The lowest BCUT2D eigenvalue weighted by molar-refractivity contribution is -0.384. The summed E-state index contributed by atoms with van der Waals surface area (Å²) in [5.41, 5.74) is 1.31. The van der Waals surface area contributed by atoms with Gasteiger partial charge in [-0.25, -0.2) is 4.98 Å². The number of non-ortho nitro benzene ring substituents is 1. The molecule has 0 aliphatic rings. The molecule has 0 radical (unpaired) electrons. The van der Waals surface area contributed by atoms with E-state index < -0.39 is 4.92 Å². The minimum absolute atomic E-state index is 0.0532. The molecule has 0 fully saturated rings. The van der Waals surface area contributed by atoms with E-state index in [1.54, 1.807) is 29.5 Å². The van der Waals surface area contributed by atoms with Gasteiger partial charge in [0.25, 0.3) is 11.6 Å². The molecule has 0 saturated carbocycles. The minimum atomic E-state index is -0.440.